The Hall–Kier alpha value is -0.320. The molecule has 0 aliphatic heterocycles. The molecule has 0 aromatic heterocycles. The molecule has 0 amide bonds. The number of ether oxygens (including phenoxy) is 1. The molecule has 0 aromatic rings. The van der Waals surface area contributed by atoms with E-state index in [9.17, 15) is 4.79 Å². The van der Waals surface area contributed by atoms with Gasteiger partial charge in [-0.25, -0.2) is 4.84 Å². The van der Waals surface area contributed by atoms with Crippen LogP contribution in [0, 0.1) is 0 Å². The van der Waals surface area contributed by atoms with E-state index in [2.05, 4.69) is 9.57 Å². The van der Waals surface area contributed by atoms with Gasteiger partial charge in [-0.05, 0) is 11.8 Å². The zero-order valence-corrected chi connectivity index (χ0v) is 5.81. The topological polar surface area (TPSA) is 64.3 Å². The van der Waals surface area contributed by atoms with Gasteiger partial charge in [-0.2, -0.15) is 0 Å². The second-order valence-electron chi connectivity index (χ2n) is 1.47. The first-order chi connectivity index (χ1) is 4.22. The van der Waals surface area contributed by atoms with Crippen LogP contribution in [0.3, 0.4) is 0 Å². The Balaban J connectivity index is 3.45. The molecule has 0 fully saturated rings. The van der Waals surface area contributed by atoms with Crippen molar-refractivity contribution < 1.29 is 9.53 Å². The molecule has 0 aliphatic carbocycles. The minimum absolute atomic E-state index is 0.216. The summed E-state index contributed by atoms with van der Waals surface area (Å²) in [5, 5.41) is 0. The summed E-state index contributed by atoms with van der Waals surface area (Å²) in [5.74, 6) is -0.469. The average molecular weight is 153 g/mol. The second-order valence-corrected chi connectivity index (χ2v) is 1.73. The van der Waals surface area contributed by atoms with Crippen LogP contribution in [0.15, 0.2) is 0 Å². The lowest BCUT2D eigenvalue weighted by atomic mass is 10.3. The summed E-state index contributed by atoms with van der Waals surface area (Å²) in [6, 6.07) is -0.674. The summed E-state index contributed by atoms with van der Waals surface area (Å²) in [7, 11) is 1.27. The number of nitrogens with one attached hydrogen (secondary N) is 1. The predicted octanol–water partition coefficient (Wildman–Crippen LogP) is -0.770. The molecule has 0 aliphatic rings. The lowest BCUT2D eigenvalue weighted by molar-refractivity contribution is -0.141. The first kappa shape index (κ1) is 8.68. The molecule has 9 heavy (non-hydrogen) atoms. The maximum absolute atomic E-state index is 10.5. The summed E-state index contributed by atoms with van der Waals surface area (Å²) >= 11 is 5.06. The van der Waals surface area contributed by atoms with Crippen molar-refractivity contribution in [3.05, 3.63) is 0 Å². The Morgan fingerprint density at radius 1 is 2.00 bits per heavy atom. The van der Waals surface area contributed by atoms with Gasteiger partial charge in [0, 0.05) is 6.54 Å². The Morgan fingerprint density at radius 3 is 2.89 bits per heavy atom. The molecule has 0 bridgehead atoms. The molecule has 54 valence electrons. The standard InChI is InChI=1S/C4H9ClN2O2/c1-9-4(8)3(6)2-7-5/h3,7H,2,6H2,1H3. The van der Waals surface area contributed by atoms with Crippen molar-refractivity contribution in [2.45, 2.75) is 6.04 Å². The molecule has 3 N–H and O–H groups in total. The third-order valence-corrected chi connectivity index (χ3v) is 0.955. The van der Waals surface area contributed by atoms with E-state index in [1.165, 1.54) is 7.11 Å². The predicted molar refractivity (Wildman–Crippen MR) is 33.8 cm³/mol. The first-order valence-electron chi connectivity index (χ1n) is 2.39. The van der Waals surface area contributed by atoms with E-state index in [-0.39, 0.29) is 6.54 Å². The lowest BCUT2D eigenvalue weighted by Crippen LogP contribution is -2.38. The molecule has 4 nitrogen and oxygen atoms in total. The van der Waals surface area contributed by atoms with E-state index in [0.29, 0.717) is 0 Å². The van der Waals surface area contributed by atoms with Gasteiger partial charge in [-0.3, -0.25) is 4.79 Å². The van der Waals surface area contributed by atoms with Crippen LogP contribution in [0.1, 0.15) is 0 Å². The summed E-state index contributed by atoms with van der Waals surface area (Å²) in [6.45, 7) is 0.216. The van der Waals surface area contributed by atoms with Crippen LogP contribution in [-0.2, 0) is 9.53 Å². The number of carbonyl (C=O) groups is 1. The third-order valence-electron chi connectivity index (χ3n) is 0.801. The molecular formula is C4H9ClN2O2. The van der Waals surface area contributed by atoms with Gasteiger partial charge in [0.15, 0.2) is 0 Å². The van der Waals surface area contributed by atoms with E-state index in [1.54, 1.807) is 0 Å². The average Bonchev–Trinajstić information content (AvgIpc) is 1.87. The third kappa shape index (κ3) is 3.29. The number of carbonyl (C=O) groups excluding carboxylic acids is 1. The van der Waals surface area contributed by atoms with E-state index in [4.69, 9.17) is 17.5 Å². The maximum atomic E-state index is 10.5. The van der Waals surface area contributed by atoms with Crippen LogP contribution in [0.2, 0.25) is 0 Å². The van der Waals surface area contributed by atoms with Gasteiger partial charge < -0.3 is 10.5 Å². The number of hydrogen-bond acceptors (Lipinski definition) is 4. The molecule has 0 heterocycles. The number of methoxy groups -OCH3 is 1. The van der Waals surface area contributed by atoms with E-state index in [1.807, 2.05) is 0 Å². The van der Waals surface area contributed by atoms with Crippen molar-refractivity contribution in [3.8, 4) is 0 Å². The molecule has 5 heteroatoms. The van der Waals surface area contributed by atoms with Gasteiger partial charge in [-0.15, -0.1) is 0 Å². The van der Waals surface area contributed by atoms with Crippen molar-refractivity contribution in [1.29, 1.82) is 0 Å². The highest BCUT2D eigenvalue weighted by molar-refractivity contribution is 6.13. The Labute approximate surface area is 58.4 Å². The number of hydrogen-bond donors (Lipinski definition) is 2. The largest absolute Gasteiger partial charge is 0.468 e. The first-order valence-corrected chi connectivity index (χ1v) is 2.77. The molecule has 1 atom stereocenters. The van der Waals surface area contributed by atoms with Gasteiger partial charge in [0.2, 0.25) is 0 Å². The molecule has 0 radical (unpaired) electrons. The molecule has 0 spiro atoms. The van der Waals surface area contributed by atoms with E-state index < -0.39 is 12.0 Å². The van der Waals surface area contributed by atoms with E-state index >= 15 is 0 Å². The second kappa shape index (κ2) is 4.55. The Bertz CT molecular complexity index is 98.6. The number of esters is 1. The van der Waals surface area contributed by atoms with Crippen LogP contribution in [0.4, 0.5) is 0 Å². The molecule has 0 saturated heterocycles. The highest BCUT2D eigenvalue weighted by Gasteiger charge is 2.11. The fourth-order valence-corrected chi connectivity index (χ4v) is 0.484. The van der Waals surface area contributed by atoms with Gasteiger partial charge in [0.25, 0.3) is 0 Å². The lowest BCUT2D eigenvalue weighted by Gasteiger charge is -2.05. The van der Waals surface area contributed by atoms with Crippen LogP contribution < -0.4 is 10.6 Å². The summed E-state index contributed by atoms with van der Waals surface area (Å²) in [5.41, 5.74) is 5.22. The minimum Gasteiger partial charge on any atom is -0.468 e. The number of rotatable bonds is 3. The Morgan fingerprint density at radius 2 is 2.56 bits per heavy atom. The summed E-state index contributed by atoms with van der Waals surface area (Å²) < 4.78 is 4.30. The zero-order valence-electron chi connectivity index (χ0n) is 5.06. The minimum atomic E-state index is -0.674. The van der Waals surface area contributed by atoms with Crippen molar-refractivity contribution in [2.24, 2.45) is 5.73 Å². The molecule has 1 unspecified atom stereocenters. The highest BCUT2D eigenvalue weighted by Crippen LogP contribution is 1.80. The van der Waals surface area contributed by atoms with Gasteiger partial charge in [-0.1, -0.05) is 0 Å². The van der Waals surface area contributed by atoms with Gasteiger partial charge in [0.1, 0.15) is 6.04 Å². The quantitative estimate of drug-likeness (QED) is 0.412. The van der Waals surface area contributed by atoms with E-state index in [0.717, 1.165) is 0 Å². The van der Waals surface area contributed by atoms with Crippen molar-refractivity contribution in [1.82, 2.24) is 4.84 Å². The molecule has 0 saturated carbocycles. The Kier molecular flexibility index (Phi) is 4.39. The summed E-state index contributed by atoms with van der Waals surface area (Å²) in [6.07, 6.45) is 0. The zero-order chi connectivity index (χ0) is 7.28. The molecular weight excluding hydrogens is 144 g/mol. The van der Waals surface area contributed by atoms with Gasteiger partial charge >= 0.3 is 5.97 Å². The van der Waals surface area contributed by atoms with Crippen LogP contribution >= 0.6 is 11.8 Å². The van der Waals surface area contributed by atoms with Crippen LogP contribution in [0.25, 0.3) is 0 Å². The number of halogens is 1. The smallest absolute Gasteiger partial charge is 0.324 e. The fourth-order valence-electron chi connectivity index (χ4n) is 0.318. The van der Waals surface area contributed by atoms with Crippen molar-refractivity contribution in [3.63, 3.8) is 0 Å². The van der Waals surface area contributed by atoms with Crippen LogP contribution in [0.5, 0.6) is 0 Å². The molecule has 0 aromatic carbocycles. The molecule has 0 rings (SSSR count). The van der Waals surface area contributed by atoms with Crippen molar-refractivity contribution in [2.75, 3.05) is 13.7 Å². The number of nitrogens with two attached hydrogens (primary N) is 1. The normalized spacial score (nSPS) is 12.8. The fraction of sp³-hybridized carbons (Fsp3) is 0.750. The monoisotopic (exact) mass is 152 g/mol. The summed E-state index contributed by atoms with van der Waals surface area (Å²) in [4.78, 5) is 12.7. The highest BCUT2D eigenvalue weighted by atomic mass is 35.5. The van der Waals surface area contributed by atoms with Crippen molar-refractivity contribution >= 4 is 17.7 Å². The van der Waals surface area contributed by atoms with Gasteiger partial charge in [0.05, 0.1) is 7.11 Å². The SMILES string of the molecule is COC(=O)C(N)CNCl. The van der Waals surface area contributed by atoms with Crippen LogP contribution in [-0.4, -0.2) is 25.7 Å². The maximum Gasteiger partial charge on any atom is 0.324 e.